The van der Waals surface area contributed by atoms with E-state index in [1.807, 2.05) is 0 Å². The van der Waals surface area contributed by atoms with Gasteiger partial charge in [-0.1, -0.05) is 225 Å². The van der Waals surface area contributed by atoms with Crippen molar-refractivity contribution in [1.29, 1.82) is 0 Å². The topological polar surface area (TPSA) is 78.9 Å². The number of rotatable bonds is 51. The molecule has 0 aromatic rings. The molecule has 0 spiro atoms. The lowest BCUT2D eigenvalue weighted by molar-refractivity contribution is -0.167. The van der Waals surface area contributed by atoms with Gasteiger partial charge in [-0.05, 0) is 135 Å². The smallest absolute Gasteiger partial charge is 0.306 e. The standard InChI is InChI=1S/C66H106O6/c1-4-7-10-13-16-19-22-24-25-26-27-28-29-30-31-32-33-34-35-36-37-38-39-40-41-42-45-47-50-53-56-59-65(68)71-62-63(61-70-64(67)58-55-52-49-46-43-21-18-15-12-9-6-3)72-66(69)60-57-54-51-48-44-23-20-17-14-11-8-5-2/h7,10,15-20,24-25,27-28,30-31,33-34,36-37,39-40,42,45,63H,4-6,8-9,11-14,21-23,26,29,32,35,38,41,43-44,46-62H2,1-3H3/b10-7-,18-15-,19-16-,20-17-,25-24-,28-27-,31-30-,34-33-,37-36-,40-39-,45-42-. The Kier molecular flexibility index (Phi) is 55.5. The zero-order chi connectivity index (χ0) is 52.2. The third-order valence-electron chi connectivity index (χ3n) is 11.9. The number of hydrogen-bond donors (Lipinski definition) is 0. The average Bonchev–Trinajstić information content (AvgIpc) is 3.38. The lowest BCUT2D eigenvalue weighted by atomic mass is 10.1. The van der Waals surface area contributed by atoms with Crippen molar-refractivity contribution in [3.63, 3.8) is 0 Å². The van der Waals surface area contributed by atoms with Crippen LogP contribution in [0.25, 0.3) is 0 Å². The van der Waals surface area contributed by atoms with Gasteiger partial charge in [-0.25, -0.2) is 0 Å². The van der Waals surface area contributed by atoms with Crippen LogP contribution in [0, 0.1) is 0 Å². The molecule has 0 saturated carbocycles. The van der Waals surface area contributed by atoms with Gasteiger partial charge in [0.15, 0.2) is 6.10 Å². The molecule has 72 heavy (non-hydrogen) atoms. The van der Waals surface area contributed by atoms with E-state index in [9.17, 15) is 14.4 Å². The van der Waals surface area contributed by atoms with Gasteiger partial charge >= 0.3 is 17.9 Å². The highest BCUT2D eigenvalue weighted by Gasteiger charge is 2.19. The quantitative estimate of drug-likeness (QED) is 0.0261. The van der Waals surface area contributed by atoms with Crippen LogP contribution in [0.15, 0.2) is 134 Å². The molecule has 0 aromatic carbocycles. The van der Waals surface area contributed by atoms with Crippen LogP contribution in [-0.4, -0.2) is 37.2 Å². The van der Waals surface area contributed by atoms with Crippen molar-refractivity contribution in [3.05, 3.63) is 134 Å². The normalized spacial score (nSPS) is 13.1. The Morgan fingerprint density at radius 1 is 0.292 bits per heavy atom. The van der Waals surface area contributed by atoms with Crippen molar-refractivity contribution in [2.75, 3.05) is 13.2 Å². The van der Waals surface area contributed by atoms with E-state index in [1.165, 1.54) is 57.8 Å². The highest BCUT2D eigenvalue weighted by atomic mass is 16.6. The van der Waals surface area contributed by atoms with E-state index in [-0.39, 0.29) is 31.1 Å². The first kappa shape index (κ1) is 67.5. The van der Waals surface area contributed by atoms with Crippen molar-refractivity contribution >= 4 is 17.9 Å². The van der Waals surface area contributed by atoms with Crippen LogP contribution in [0.3, 0.4) is 0 Å². The summed E-state index contributed by atoms with van der Waals surface area (Å²) in [6.45, 7) is 6.40. The van der Waals surface area contributed by atoms with Crippen LogP contribution in [0.1, 0.15) is 245 Å². The third-order valence-corrected chi connectivity index (χ3v) is 11.9. The van der Waals surface area contributed by atoms with Crippen LogP contribution in [0.2, 0.25) is 0 Å². The van der Waals surface area contributed by atoms with Gasteiger partial charge in [-0.2, -0.15) is 0 Å². The molecule has 0 heterocycles. The molecule has 0 bridgehead atoms. The second-order valence-electron chi connectivity index (χ2n) is 18.8. The van der Waals surface area contributed by atoms with Crippen molar-refractivity contribution in [2.45, 2.75) is 252 Å². The highest BCUT2D eigenvalue weighted by Crippen LogP contribution is 2.13. The van der Waals surface area contributed by atoms with Gasteiger partial charge in [-0.3, -0.25) is 14.4 Å². The molecular weight excluding hydrogens is 889 g/mol. The lowest BCUT2D eigenvalue weighted by Crippen LogP contribution is -2.30. The molecule has 0 aliphatic carbocycles. The summed E-state index contributed by atoms with van der Waals surface area (Å²) >= 11 is 0. The number of allylic oxidation sites excluding steroid dienone is 22. The molecule has 0 N–H and O–H groups in total. The monoisotopic (exact) mass is 995 g/mol. The zero-order valence-electron chi connectivity index (χ0n) is 46.4. The van der Waals surface area contributed by atoms with E-state index < -0.39 is 6.10 Å². The average molecular weight is 996 g/mol. The molecule has 1 atom stereocenters. The third kappa shape index (κ3) is 56.5. The maximum absolute atomic E-state index is 12.8. The van der Waals surface area contributed by atoms with Crippen LogP contribution < -0.4 is 0 Å². The summed E-state index contributed by atoms with van der Waals surface area (Å²) in [6.07, 6.45) is 83.1. The van der Waals surface area contributed by atoms with E-state index in [1.54, 1.807) is 0 Å². The molecule has 0 saturated heterocycles. The number of ether oxygens (including phenoxy) is 3. The molecule has 0 aliphatic heterocycles. The number of hydrogen-bond acceptors (Lipinski definition) is 6. The molecule has 0 radical (unpaired) electrons. The molecular formula is C66H106O6. The molecule has 6 heteroatoms. The number of esters is 3. The summed E-state index contributed by atoms with van der Waals surface area (Å²) < 4.78 is 16.8. The maximum atomic E-state index is 12.8. The summed E-state index contributed by atoms with van der Waals surface area (Å²) in [6, 6.07) is 0. The molecule has 0 aromatic heterocycles. The van der Waals surface area contributed by atoms with Crippen molar-refractivity contribution in [1.82, 2.24) is 0 Å². The Bertz CT molecular complexity index is 1560. The Hall–Kier alpha value is -4.45. The molecule has 6 nitrogen and oxygen atoms in total. The minimum Gasteiger partial charge on any atom is -0.462 e. The predicted octanol–water partition coefficient (Wildman–Crippen LogP) is 19.8. The fraction of sp³-hybridized carbons (Fsp3) is 0.621. The number of unbranched alkanes of at least 4 members (excludes halogenated alkanes) is 18. The Morgan fingerprint density at radius 2 is 0.556 bits per heavy atom. The van der Waals surface area contributed by atoms with Crippen LogP contribution in [0.4, 0.5) is 0 Å². The van der Waals surface area contributed by atoms with Crippen LogP contribution in [0.5, 0.6) is 0 Å². The zero-order valence-corrected chi connectivity index (χ0v) is 46.4. The molecule has 0 fully saturated rings. The first-order valence-electron chi connectivity index (χ1n) is 29.2. The van der Waals surface area contributed by atoms with Gasteiger partial charge in [0.05, 0.1) is 0 Å². The first-order valence-corrected chi connectivity index (χ1v) is 29.2. The van der Waals surface area contributed by atoms with Gasteiger partial charge < -0.3 is 14.2 Å². The predicted molar refractivity (Wildman–Crippen MR) is 311 cm³/mol. The van der Waals surface area contributed by atoms with Crippen LogP contribution >= 0.6 is 0 Å². The fourth-order valence-electron chi connectivity index (χ4n) is 7.47. The summed E-state index contributed by atoms with van der Waals surface area (Å²) in [5.41, 5.74) is 0. The highest BCUT2D eigenvalue weighted by molar-refractivity contribution is 5.71. The lowest BCUT2D eigenvalue weighted by Gasteiger charge is -2.18. The number of carbonyl (C=O) groups is 3. The van der Waals surface area contributed by atoms with Gasteiger partial charge in [0.1, 0.15) is 13.2 Å². The summed E-state index contributed by atoms with van der Waals surface area (Å²) in [7, 11) is 0. The van der Waals surface area contributed by atoms with E-state index >= 15 is 0 Å². The van der Waals surface area contributed by atoms with Gasteiger partial charge in [-0.15, -0.1) is 0 Å². The second-order valence-corrected chi connectivity index (χ2v) is 18.8. The molecule has 0 aliphatic rings. The van der Waals surface area contributed by atoms with Gasteiger partial charge in [0.2, 0.25) is 0 Å². The minimum absolute atomic E-state index is 0.0997. The largest absolute Gasteiger partial charge is 0.462 e. The SMILES string of the molecule is CC/C=C\C/C=C\C/C=C\C/C=C\C/C=C\C/C=C\C/C=C\C/C=C\C/C=C\CCCCCC(=O)OCC(COC(=O)CCCCCCC/C=C\CCCC)OC(=O)CCCCCCC/C=C\CCCCC. The summed E-state index contributed by atoms with van der Waals surface area (Å²) in [4.78, 5) is 38.0. The molecule has 0 rings (SSSR count). The molecule has 0 amide bonds. The maximum Gasteiger partial charge on any atom is 0.306 e. The molecule has 406 valence electrons. The van der Waals surface area contributed by atoms with Crippen molar-refractivity contribution < 1.29 is 28.6 Å². The first-order chi connectivity index (χ1) is 35.5. The second kappa shape index (κ2) is 59.1. The Balaban J connectivity index is 4.32. The fourth-order valence-corrected chi connectivity index (χ4v) is 7.47. The van der Waals surface area contributed by atoms with E-state index in [0.29, 0.717) is 19.3 Å². The van der Waals surface area contributed by atoms with Gasteiger partial charge in [0.25, 0.3) is 0 Å². The Morgan fingerprint density at radius 3 is 0.917 bits per heavy atom. The Labute approximate surface area is 443 Å². The van der Waals surface area contributed by atoms with Crippen molar-refractivity contribution in [2.24, 2.45) is 0 Å². The molecule has 1 unspecified atom stereocenters. The van der Waals surface area contributed by atoms with E-state index in [0.717, 1.165) is 148 Å². The van der Waals surface area contributed by atoms with E-state index in [2.05, 4.69) is 154 Å². The summed E-state index contributed by atoms with van der Waals surface area (Å²) in [5.74, 6) is -0.959. The summed E-state index contributed by atoms with van der Waals surface area (Å²) in [5, 5.41) is 0. The minimum atomic E-state index is -0.802. The van der Waals surface area contributed by atoms with Gasteiger partial charge in [0, 0.05) is 19.3 Å². The number of carbonyl (C=O) groups excluding carboxylic acids is 3. The van der Waals surface area contributed by atoms with Crippen LogP contribution in [-0.2, 0) is 28.6 Å². The van der Waals surface area contributed by atoms with E-state index in [4.69, 9.17) is 14.2 Å². The van der Waals surface area contributed by atoms with Crippen molar-refractivity contribution in [3.8, 4) is 0 Å².